The second-order valence-electron chi connectivity index (χ2n) is 8.09. The van der Waals surface area contributed by atoms with Crippen molar-refractivity contribution >= 4 is 21.7 Å². The molecule has 0 aliphatic heterocycles. The molecule has 3 aromatic carbocycles. The maximum atomic E-state index is 13.2. The highest BCUT2D eigenvalue weighted by atomic mass is 79.9. The van der Waals surface area contributed by atoms with Crippen LogP contribution in [0.4, 0.5) is 26.3 Å². The molecule has 0 spiro atoms. The van der Waals surface area contributed by atoms with Crippen LogP contribution in [0.2, 0.25) is 0 Å². The van der Waals surface area contributed by atoms with Gasteiger partial charge in [-0.1, -0.05) is 15.9 Å². The Bertz CT molecular complexity index is 1180. The van der Waals surface area contributed by atoms with Gasteiger partial charge >= 0.3 is 12.4 Å². The average Bonchev–Trinajstić information content (AvgIpc) is 2.76. The monoisotopic (exact) mass is 542 g/mol. The summed E-state index contributed by atoms with van der Waals surface area (Å²) in [6.07, 6.45) is -9.29. The van der Waals surface area contributed by atoms with Crippen molar-refractivity contribution in [1.29, 1.82) is 0 Å². The number of rotatable bonds is 4. The third-order valence-corrected chi connectivity index (χ3v) is 6.18. The van der Waals surface area contributed by atoms with E-state index in [9.17, 15) is 31.1 Å². The van der Waals surface area contributed by atoms with E-state index >= 15 is 0 Å². The smallest absolute Gasteiger partial charge is 0.416 e. The lowest BCUT2D eigenvalue weighted by molar-refractivity contribution is -0.143. The molecule has 1 unspecified atom stereocenters. The number of halogens is 7. The molecular formula is C25H17BrF6O2. The summed E-state index contributed by atoms with van der Waals surface area (Å²) in [6.45, 7) is 0. The molecule has 0 radical (unpaired) electrons. The first-order chi connectivity index (χ1) is 15.9. The quantitative estimate of drug-likeness (QED) is 0.310. The Labute approximate surface area is 199 Å². The van der Waals surface area contributed by atoms with Crippen LogP contribution in [0.1, 0.15) is 39.0 Å². The predicted octanol–water partition coefficient (Wildman–Crippen LogP) is 8.27. The molecule has 9 heteroatoms. The number of benzene rings is 3. The predicted molar refractivity (Wildman–Crippen MR) is 117 cm³/mol. The van der Waals surface area contributed by atoms with Crippen molar-refractivity contribution in [3.8, 4) is 11.5 Å². The van der Waals surface area contributed by atoms with Gasteiger partial charge in [-0.05, 0) is 91.1 Å². The highest BCUT2D eigenvalue weighted by molar-refractivity contribution is 9.10. The molecule has 178 valence electrons. The van der Waals surface area contributed by atoms with Gasteiger partial charge in [0.1, 0.15) is 11.5 Å². The van der Waals surface area contributed by atoms with Gasteiger partial charge in [0.2, 0.25) is 0 Å². The van der Waals surface area contributed by atoms with E-state index in [-0.39, 0.29) is 23.8 Å². The summed E-state index contributed by atoms with van der Waals surface area (Å²) < 4.78 is 85.6. The van der Waals surface area contributed by atoms with E-state index in [1.165, 1.54) is 0 Å². The van der Waals surface area contributed by atoms with E-state index in [2.05, 4.69) is 15.9 Å². The Morgan fingerprint density at radius 2 is 1.41 bits per heavy atom. The van der Waals surface area contributed by atoms with Crippen LogP contribution in [0, 0.1) is 5.92 Å². The summed E-state index contributed by atoms with van der Waals surface area (Å²) in [5.74, 6) is 0.117. The van der Waals surface area contributed by atoms with Gasteiger partial charge in [0.25, 0.3) is 0 Å². The van der Waals surface area contributed by atoms with Crippen LogP contribution in [-0.4, -0.2) is 5.78 Å². The molecule has 0 saturated carbocycles. The first-order valence-corrected chi connectivity index (χ1v) is 11.1. The van der Waals surface area contributed by atoms with E-state index in [0.29, 0.717) is 42.0 Å². The van der Waals surface area contributed by atoms with Gasteiger partial charge in [-0.25, -0.2) is 0 Å². The van der Waals surface area contributed by atoms with Crippen molar-refractivity contribution in [2.75, 3.05) is 0 Å². The van der Waals surface area contributed by atoms with Crippen molar-refractivity contribution in [2.24, 2.45) is 5.92 Å². The molecule has 4 rings (SSSR count). The maximum absolute atomic E-state index is 13.2. The number of carbonyl (C=O) groups is 1. The Morgan fingerprint density at radius 3 is 2.00 bits per heavy atom. The minimum atomic E-state index is -4.93. The number of carbonyl (C=O) groups excluding carboxylic acids is 1. The highest BCUT2D eigenvalue weighted by Gasteiger charge is 2.37. The van der Waals surface area contributed by atoms with E-state index in [0.717, 1.165) is 10.0 Å². The zero-order valence-electron chi connectivity index (χ0n) is 17.4. The van der Waals surface area contributed by atoms with Gasteiger partial charge < -0.3 is 4.74 Å². The van der Waals surface area contributed by atoms with Gasteiger partial charge in [-0.15, -0.1) is 0 Å². The zero-order valence-corrected chi connectivity index (χ0v) is 19.0. The largest absolute Gasteiger partial charge is 0.457 e. The lowest BCUT2D eigenvalue weighted by Gasteiger charge is -2.24. The van der Waals surface area contributed by atoms with Crippen LogP contribution in [-0.2, 0) is 25.2 Å². The van der Waals surface area contributed by atoms with Crippen molar-refractivity contribution < 1.29 is 35.9 Å². The Hall–Kier alpha value is -2.81. The fourth-order valence-electron chi connectivity index (χ4n) is 4.02. The van der Waals surface area contributed by atoms with Crippen LogP contribution >= 0.6 is 15.9 Å². The highest BCUT2D eigenvalue weighted by Crippen LogP contribution is 2.38. The zero-order chi connectivity index (χ0) is 24.7. The average molecular weight is 543 g/mol. The third kappa shape index (κ3) is 5.46. The van der Waals surface area contributed by atoms with Crippen molar-refractivity contribution in [3.05, 3.63) is 93.0 Å². The van der Waals surface area contributed by atoms with Crippen molar-refractivity contribution in [3.63, 3.8) is 0 Å². The first-order valence-electron chi connectivity index (χ1n) is 10.3. The number of hydrogen-bond donors (Lipinski definition) is 0. The van der Waals surface area contributed by atoms with E-state index in [1.54, 1.807) is 30.3 Å². The van der Waals surface area contributed by atoms with Crippen LogP contribution in [0.3, 0.4) is 0 Å². The van der Waals surface area contributed by atoms with E-state index in [4.69, 9.17) is 4.74 Å². The van der Waals surface area contributed by atoms with Gasteiger partial charge in [-0.3, -0.25) is 4.79 Å². The second-order valence-corrected chi connectivity index (χ2v) is 9.01. The van der Waals surface area contributed by atoms with Crippen LogP contribution < -0.4 is 4.74 Å². The molecule has 0 amide bonds. The van der Waals surface area contributed by atoms with Crippen LogP contribution in [0.25, 0.3) is 0 Å². The molecule has 0 heterocycles. The van der Waals surface area contributed by atoms with Gasteiger partial charge in [-0.2, -0.15) is 26.3 Å². The topological polar surface area (TPSA) is 26.3 Å². The number of ether oxygens (including phenoxy) is 1. The minimum Gasteiger partial charge on any atom is -0.457 e. The SMILES string of the molecule is O=C1c2ccc(Oc3ccc(Br)cc3)cc2CCC1Cc1cc(C(F)(F)F)cc(C(F)(F)F)c1. The number of aryl methyl sites for hydroxylation is 1. The normalized spacial score (nSPS) is 16.3. The molecule has 0 N–H and O–H groups in total. The van der Waals surface area contributed by atoms with Gasteiger partial charge in [0, 0.05) is 16.0 Å². The molecule has 0 aromatic heterocycles. The fourth-order valence-corrected chi connectivity index (χ4v) is 4.28. The van der Waals surface area contributed by atoms with Crippen LogP contribution in [0.5, 0.6) is 11.5 Å². The minimum absolute atomic E-state index is 0.0917. The third-order valence-electron chi connectivity index (χ3n) is 5.65. The van der Waals surface area contributed by atoms with E-state index in [1.807, 2.05) is 12.1 Å². The Kier molecular flexibility index (Phi) is 6.50. The Morgan fingerprint density at radius 1 is 0.824 bits per heavy atom. The van der Waals surface area contributed by atoms with Crippen molar-refractivity contribution in [2.45, 2.75) is 31.6 Å². The number of alkyl halides is 6. The summed E-state index contributed by atoms with van der Waals surface area (Å²) >= 11 is 3.34. The van der Waals surface area contributed by atoms with E-state index < -0.39 is 29.4 Å². The summed E-state index contributed by atoms with van der Waals surface area (Å²) in [7, 11) is 0. The summed E-state index contributed by atoms with van der Waals surface area (Å²) in [5, 5.41) is 0. The van der Waals surface area contributed by atoms with Gasteiger partial charge in [0.05, 0.1) is 11.1 Å². The molecule has 0 fully saturated rings. The number of hydrogen-bond acceptors (Lipinski definition) is 2. The molecule has 0 bridgehead atoms. The molecule has 34 heavy (non-hydrogen) atoms. The number of fused-ring (bicyclic) bond motifs is 1. The molecular weight excluding hydrogens is 526 g/mol. The van der Waals surface area contributed by atoms with Gasteiger partial charge in [0.15, 0.2) is 5.78 Å². The summed E-state index contributed by atoms with van der Waals surface area (Å²) in [6, 6.07) is 13.6. The molecule has 0 saturated heterocycles. The standard InChI is InChI=1S/C25H17BrF6O2/c26-19-3-5-20(6-4-19)34-21-7-8-22-15(12-21)1-2-16(23(22)33)9-14-10-17(24(27,28)29)13-18(11-14)25(30,31)32/h3-8,10-13,16H,1-2,9H2. The Balaban J connectivity index is 1.55. The maximum Gasteiger partial charge on any atom is 0.416 e. The molecule has 3 aromatic rings. The molecule has 1 aliphatic carbocycles. The fraction of sp³-hybridized carbons (Fsp3) is 0.240. The molecule has 2 nitrogen and oxygen atoms in total. The number of Topliss-reactive ketones (excluding diaryl/α,β-unsaturated/α-hetero) is 1. The number of ketones is 1. The summed E-state index contributed by atoms with van der Waals surface area (Å²) in [5.41, 5.74) is -1.79. The summed E-state index contributed by atoms with van der Waals surface area (Å²) in [4.78, 5) is 13.0. The lowest BCUT2D eigenvalue weighted by Crippen LogP contribution is -2.25. The second kappa shape index (κ2) is 9.09. The lowest BCUT2D eigenvalue weighted by atomic mass is 9.79. The van der Waals surface area contributed by atoms with Crippen LogP contribution in [0.15, 0.2) is 65.1 Å². The van der Waals surface area contributed by atoms with Crippen molar-refractivity contribution in [1.82, 2.24) is 0 Å². The molecule has 1 aliphatic rings. The first kappa shape index (κ1) is 24.3. The molecule has 1 atom stereocenters.